The predicted octanol–water partition coefficient (Wildman–Crippen LogP) is 3.50. The van der Waals surface area contributed by atoms with Gasteiger partial charge in [0.1, 0.15) is 0 Å². The summed E-state index contributed by atoms with van der Waals surface area (Å²) < 4.78 is 11.3. The second-order valence-electron chi connectivity index (χ2n) is 5.15. The summed E-state index contributed by atoms with van der Waals surface area (Å²) in [7, 11) is 0. The third-order valence-corrected chi connectivity index (χ3v) is 3.27. The van der Waals surface area contributed by atoms with Crippen molar-refractivity contribution in [2.45, 2.75) is 59.0 Å². The highest BCUT2D eigenvalue weighted by Crippen LogP contribution is 2.14. The first-order chi connectivity index (χ1) is 8.36. The average molecular weight is 323 g/mol. The van der Waals surface area contributed by atoms with E-state index in [1.165, 1.54) is 0 Å². The maximum Gasteiger partial charge on any atom is 0.155 e. The molecular formula is C14H27BrO3. The van der Waals surface area contributed by atoms with Crippen LogP contribution in [0.2, 0.25) is 0 Å². The second kappa shape index (κ2) is 9.96. The lowest BCUT2D eigenvalue weighted by molar-refractivity contribution is -0.161. The Kier molecular flexibility index (Phi) is 10.0. The molecule has 0 saturated heterocycles. The molecule has 3 unspecified atom stereocenters. The number of halogens is 1. The van der Waals surface area contributed by atoms with Crippen LogP contribution >= 0.6 is 15.9 Å². The van der Waals surface area contributed by atoms with Crippen LogP contribution in [0.5, 0.6) is 0 Å². The predicted molar refractivity (Wildman–Crippen MR) is 79.0 cm³/mol. The summed E-state index contributed by atoms with van der Waals surface area (Å²) in [6.07, 6.45) is 0.858. The van der Waals surface area contributed by atoms with Crippen LogP contribution < -0.4 is 0 Å². The molecule has 108 valence electrons. The van der Waals surface area contributed by atoms with Crippen LogP contribution in [0.4, 0.5) is 0 Å². The molecule has 0 spiro atoms. The molecule has 0 aliphatic carbocycles. The lowest BCUT2D eigenvalue weighted by atomic mass is 10.1. The molecular weight excluding hydrogens is 296 g/mol. The number of rotatable bonds is 10. The van der Waals surface area contributed by atoms with Gasteiger partial charge in [0.15, 0.2) is 6.29 Å². The summed E-state index contributed by atoms with van der Waals surface area (Å²) >= 11 is 3.43. The maximum atomic E-state index is 9.68. The van der Waals surface area contributed by atoms with E-state index >= 15 is 0 Å². The minimum atomic E-state index is -0.443. The van der Waals surface area contributed by atoms with Crippen LogP contribution in [0.15, 0.2) is 12.2 Å². The lowest BCUT2D eigenvalue weighted by Gasteiger charge is -2.22. The van der Waals surface area contributed by atoms with Crippen molar-refractivity contribution in [1.82, 2.24) is 0 Å². The maximum absolute atomic E-state index is 9.68. The molecule has 1 N–H and O–H groups in total. The Balaban J connectivity index is 3.91. The zero-order valence-corrected chi connectivity index (χ0v) is 13.6. The third kappa shape index (κ3) is 9.09. The Labute approximate surface area is 120 Å². The molecule has 3 atom stereocenters. The van der Waals surface area contributed by atoms with Crippen LogP contribution in [0.3, 0.4) is 0 Å². The molecule has 0 heterocycles. The number of hydrogen-bond donors (Lipinski definition) is 1. The average Bonchev–Trinajstić information content (AvgIpc) is 2.31. The molecule has 0 aromatic carbocycles. The topological polar surface area (TPSA) is 38.7 Å². The highest BCUT2D eigenvalue weighted by molar-refractivity contribution is 9.09. The fourth-order valence-corrected chi connectivity index (χ4v) is 1.89. The Bertz CT molecular complexity index is 231. The monoisotopic (exact) mass is 322 g/mol. The second-order valence-corrected chi connectivity index (χ2v) is 5.79. The minimum Gasteiger partial charge on any atom is -0.389 e. The van der Waals surface area contributed by atoms with Crippen molar-refractivity contribution in [1.29, 1.82) is 0 Å². The van der Waals surface area contributed by atoms with E-state index in [1.54, 1.807) is 0 Å². The van der Waals surface area contributed by atoms with E-state index < -0.39 is 6.10 Å². The number of alkyl halides is 1. The molecule has 0 saturated carbocycles. The summed E-state index contributed by atoms with van der Waals surface area (Å²) in [5.74, 6) is 0.503. The van der Waals surface area contributed by atoms with Crippen molar-refractivity contribution in [3.63, 3.8) is 0 Å². The molecule has 0 amide bonds. The zero-order chi connectivity index (χ0) is 14.1. The van der Waals surface area contributed by atoms with Gasteiger partial charge in [-0.1, -0.05) is 41.9 Å². The Hall–Kier alpha value is 0.100. The zero-order valence-electron chi connectivity index (χ0n) is 12.0. The molecule has 18 heavy (non-hydrogen) atoms. The Morgan fingerprint density at radius 3 is 2.33 bits per heavy atom. The molecule has 0 fully saturated rings. The van der Waals surface area contributed by atoms with Crippen molar-refractivity contribution < 1.29 is 14.6 Å². The van der Waals surface area contributed by atoms with Gasteiger partial charge >= 0.3 is 0 Å². The number of aliphatic hydroxyl groups excluding tert-OH is 1. The molecule has 0 aromatic rings. The van der Waals surface area contributed by atoms with Crippen LogP contribution in [-0.2, 0) is 9.47 Å². The van der Waals surface area contributed by atoms with E-state index in [4.69, 9.17) is 9.47 Å². The van der Waals surface area contributed by atoms with Crippen LogP contribution in [0, 0.1) is 5.92 Å². The minimum absolute atomic E-state index is 0.0566. The molecule has 0 aliphatic rings. The SMILES string of the molecule is C=C(C)C(O)CCC(CBr)OC(C)OCC(C)C. The molecule has 3 nitrogen and oxygen atoms in total. The van der Waals surface area contributed by atoms with Crippen molar-refractivity contribution in [2.24, 2.45) is 5.92 Å². The smallest absolute Gasteiger partial charge is 0.155 e. The molecule has 0 bridgehead atoms. The Morgan fingerprint density at radius 2 is 1.89 bits per heavy atom. The largest absolute Gasteiger partial charge is 0.389 e. The van der Waals surface area contributed by atoms with Gasteiger partial charge in [-0.05, 0) is 32.6 Å². The summed E-state index contributed by atoms with van der Waals surface area (Å²) in [5, 5.41) is 10.4. The van der Waals surface area contributed by atoms with Crippen molar-refractivity contribution >= 4 is 15.9 Å². The van der Waals surface area contributed by atoms with E-state index in [0.29, 0.717) is 18.9 Å². The first-order valence-electron chi connectivity index (χ1n) is 6.53. The quantitative estimate of drug-likeness (QED) is 0.380. The third-order valence-electron chi connectivity index (χ3n) is 2.55. The number of aliphatic hydroxyl groups is 1. The van der Waals surface area contributed by atoms with Gasteiger partial charge in [0.25, 0.3) is 0 Å². The van der Waals surface area contributed by atoms with Crippen LogP contribution in [-0.4, -0.2) is 35.5 Å². The standard InChI is InChI=1S/C14H27BrO3/c1-10(2)9-17-12(5)18-13(8-15)6-7-14(16)11(3)4/h10,12-14,16H,3,6-9H2,1-2,4-5H3. The van der Waals surface area contributed by atoms with Gasteiger partial charge in [-0.3, -0.25) is 0 Å². The molecule has 0 radical (unpaired) electrons. The van der Waals surface area contributed by atoms with E-state index in [2.05, 4.69) is 36.4 Å². The first-order valence-corrected chi connectivity index (χ1v) is 7.65. The van der Waals surface area contributed by atoms with Gasteiger partial charge in [0, 0.05) is 5.33 Å². The number of ether oxygens (including phenoxy) is 2. The van der Waals surface area contributed by atoms with Gasteiger partial charge in [0.05, 0.1) is 18.8 Å². The fraction of sp³-hybridized carbons (Fsp3) is 0.857. The normalized spacial score (nSPS) is 16.6. The Morgan fingerprint density at radius 1 is 1.28 bits per heavy atom. The molecule has 0 rings (SSSR count). The summed E-state index contributed by atoms with van der Waals surface area (Å²) in [5.41, 5.74) is 0.799. The van der Waals surface area contributed by atoms with Gasteiger partial charge < -0.3 is 14.6 Å². The van der Waals surface area contributed by atoms with E-state index in [1.807, 2.05) is 13.8 Å². The van der Waals surface area contributed by atoms with Crippen molar-refractivity contribution in [2.75, 3.05) is 11.9 Å². The summed E-state index contributed by atoms with van der Waals surface area (Å²) in [6, 6.07) is 0. The molecule has 4 heteroatoms. The summed E-state index contributed by atoms with van der Waals surface area (Å²) in [4.78, 5) is 0. The van der Waals surface area contributed by atoms with Crippen LogP contribution in [0.25, 0.3) is 0 Å². The van der Waals surface area contributed by atoms with Gasteiger partial charge in [-0.15, -0.1) is 0 Å². The van der Waals surface area contributed by atoms with Gasteiger partial charge in [-0.25, -0.2) is 0 Å². The fourth-order valence-electron chi connectivity index (χ4n) is 1.41. The van der Waals surface area contributed by atoms with E-state index in [-0.39, 0.29) is 12.4 Å². The molecule has 0 aromatic heterocycles. The highest BCUT2D eigenvalue weighted by Gasteiger charge is 2.15. The summed E-state index contributed by atoms with van der Waals surface area (Å²) in [6.45, 7) is 12.4. The first kappa shape index (κ1) is 18.1. The van der Waals surface area contributed by atoms with Gasteiger partial charge in [-0.2, -0.15) is 0 Å². The van der Waals surface area contributed by atoms with E-state index in [9.17, 15) is 5.11 Å². The highest BCUT2D eigenvalue weighted by atomic mass is 79.9. The van der Waals surface area contributed by atoms with Crippen molar-refractivity contribution in [3.05, 3.63) is 12.2 Å². The lowest BCUT2D eigenvalue weighted by Crippen LogP contribution is -2.26. The van der Waals surface area contributed by atoms with Crippen LogP contribution in [0.1, 0.15) is 40.5 Å². The van der Waals surface area contributed by atoms with Crippen molar-refractivity contribution in [3.8, 4) is 0 Å². The number of hydrogen-bond acceptors (Lipinski definition) is 3. The molecule has 0 aliphatic heterocycles. The van der Waals surface area contributed by atoms with E-state index in [0.717, 1.165) is 17.3 Å². The van der Waals surface area contributed by atoms with Gasteiger partial charge in [0.2, 0.25) is 0 Å².